The fourth-order valence-electron chi connectivity index (χ4n) is 1.44. The zero-order chi connectivity index (χ0) is 14.6. The number of carbonyl (C=O) groups excluding carboxylic acids is 1. The summed E-state index contributed by atoms with van der Waals surface area (Å²) in [6.07, 6.45) is 1.24. The number of nitrogens with zero attached hydrogens (tertiary/aromatic N) is 1. The smallest absolute Gasteiger partial charge is 0.323 e. The summed E-state index contributed by atoms with van der Waals surface area (Å²) in [4.78, 5) is 33.2. The van der Waals surface area contributed by atoms with Crippen molar-refractivity contribution in [3.05, 3.63) is 11.5 Å². The van der Waals surface area contributed by atoms with Gasteiger partial charge >= 0.3 is 18.0 Å². The fourth-order valence-corrected chi connectivity index (χ4v) is 2.68. The van der Waals surface area contributed by atoms with Crippen LogP contribution in [0.2, 0.25) is 0 Å². The Kier molecular flexibility index (Phi) is 4.48. The minimum atomic E-state index is -3.36. The maximum Gasteiger partial charge on any atom is 0.323 e. The molecule has 1 atom stereocenters. The molecule has 0 saturated carbocycles. The van der Waals surface area contributed by atoms with Crippen LogP contribution in [0.3, 0.4) is 0 Å². The zero-order valence-electron chi connectivity index (χ0n) is 9.64. The molecule has 0 aromatic carbocycles. The van der Waals surface area contributed by atoms with Crippen LogP contribution in [0.25, 0.3) is 0 Å². The molecule has 0 fully saturated rings. The van der Waals surface area contributed by atoms with Crippen LogP contribution in [0.5, 0.6) is 0 Å². The van der Waals surface area contributed by atoms with Crippen LogP contribution < -0.4 is 5.32 Å². The maximum absolute atomic E-state index is 11.6. The van der Waals surface area contributed by atoms with E-state index in [-0.39, 0.29) is 5.75 Å². The van der Waals surface area contributed by atoms with Crippen molar-refractivity contribution in [2.45, 2.75) is 6.04 Å². The number of amides is 2. The first-order valence-electron chi connectivity index (χ1n) is 5.09. The number of nitrogens with one attached hydrogen (secondary N) is 1. The van der Waals surface area contributed by atoms with Crippen LogP contribution in [0, 0.1) is 0 Å². The highest BCUT2D eigenvalue weighted by atomic mass is 32.2. The number of carboxylic acid groups (broad SMARTS) is 2. The summed E-state index contributed by atoms with van der Waals surface area (Å²) in [5, 5.41) is 20.3. The van der Waals surface area contributed by atoms with E-state index in [0.29, 0.717) is 4.90 Å². The third-order valence-corrected chi connectivity index (χ3v) is 3.57. The predicted molar refractivity (Wildman–Crippen MR) is 62.1 cm³/mol. The van der Waals surface area contributed by atoms with Gasteiger partial charge in [0.2, 0.25) is 0 Å². The molecule has 106 valence electrons. The van der Waals surface area contributed by atoms with Crippen molar-refractivity contribution in [1.29, 1.82) is 0 Å². The van der Waals surface area contributed by atoms with E-state index in [4.69, 9.17) is 10.2 Å². The summed E-state index contributed by atoms with van der Waals surface area (Å²) in [5.74, 6) is -3.07. The second-order valence-electron chi connectivity index (χ2n) is 3.86. The molecule has 1 aliphatic heterocycles. The Hall–Kier alpha value is -2.10. The quantitative estimate of drug-likeness (QED) is 0.558. The highest BCUT2D eigenvalue weighted by Gasteiger charge is 2.26. The third-order valence-electron chi connectivity index (χ3n) is 2.18. The number of aliphatic carboxylic acids is 2. The molecular formula is C9H12N2O7S. The van der Waals surface area contributed by atoms with Gasteiger partial charge in [-0.1, -0.05) is 0 Å². The molecule has 2 amide bonds. The molecular weight excluding hydrogens is 280 g/mol. The SMILES string of the molecule is O=C(O)CN(CC(=O)O)C(=O)NC1C=CS(=O)(=O)C1. The van der Waals surface area contributed by atoms with Gasteiger partial charge in [0.25, 0.3) is 0 Å². The lowest BCUT2D eigenvalue weighted by molar-refractivity contribution is -0.140. The molecule has 1 rings (SSSR count). The molecule has 0 aromatic heterocycles. The van der Waals surface area contributed by atoms with Crippen LogP contribution >= 0.6 is 0 Å². The molecule has 0 aliphatic carbocycles. The van der Waals surface area contributed by atoms with Gasteiger partial charge in [-0.05, 0) is 6.08 Å². The van der Waals surface area contributed by atoms with Gasteiger partial charge in [0.1, 0.15) is 13.1 Å². The molecule has 1 heterocycles. The number of sulfone groups is 1. The van der Waals surface area contributed by atoms with Crippen LogP contribution in [-0.2, 0) is 19.4 Å². The Morgan fingerprint density at radius 3 is 2.11 bits per heavy atom. The standard InChI is InChI=1S/C9H12N2O7S/c12-7(13)3-11(4-8(14)15)9(16)10-6-1-2-19(17,18)5-6/h1-2,6H,3-5H2,(H,10,16)(H,12,13)(H,14,15). The van der Waals surface area contributed by atoms with Gasteiger partial charge in [-0.25, -0.2) is 13.2 Å². The van der Waals surface area contributed by atoms with Crippen LogP contribution in [0.1, 0.15) is 0 Å². The predicted octanol–water partition coefficient (Wildman–Crippen LogP) is -1.52. The van der Waals surface area contributed by atoms with Gasteiger partial charge in [0, 0.05) is 5.41 Å². The molecule has 0 bridgehead atoms. The topological polar surface area (TPSA) is 141 Å². The lowest BCUT2D eigenvalue weighted by Crippen LogP contribution is -2.48. The molecule has 19 heavy (non-hydrogen) atoms. The van der Waals surface area contributed by atoms with Crippen molar-refractivity contribution in [3.8, 4) is 0 Å². The Balaban J connectivity index is 2.64. The van der Waals surface area contributed by atoms with Crippen molar-refractivity contribution in [2.24, 2.45) is 0 Å². The van der Waals surface area contributed by atoms with Crippen LogP contribution in [-0.4, -0.2) is 66.4 Å². The lowest BCUT2D eigenvalue weighted by atomic mass is 10.3. The summed E-state index contributed by atoms with van der Waals surface area (Å²) in [6, 6.07) is -1.74. The molecule has 3 N–H and O–H groups in total. The van der Waals surface area contributed by atoms with Gasteiger partial charge in [-0.2, -0.15) is 0 Å². The molecule has 9 nitrogen and oxygen atoms in total. The number of hydrogen-bond donors (Lipinski definition) is 3. The first-order valence-corrected chi connectivity index (χ1v) is 6.81. The van der Waals surface area contributed by atoms with Crippen molar-refractivity contribution in [2.75, 3.05) is 18.8 Å². The van der Waals surface area contributed by atoms with Crippen molar-refractivity contribution < 1.29 is 33.0 Å². The Morgan fingerprint density at radius 2 is 1.74 bits per heavy atom. The molecule has 0 saturated heterocycles. The van der Waals surface area contributed by atoms with Crippen LogP contribution in [0.4, 0.5) is 4.79 Å². The van der Waals surface area contributed by atoms with Gasteiger partial charge in [-0.3, -0.25) is 9.59 Å². The number of urea groups is 1. The van der Waals surface area contributed by atoms with Gasteiger partial charge in [-0.15, -0.1) is 0 Å². The Bertz CT molecular complexity index is 509. The maximum atomic E-state index is 11.6. The number of rotatable bonds is 5. The number of hydrogen-bond acceptors (Lipinski definition) is 5. The van der Waals surface area contributed by atoms with E-state index >= 15 is 0 Å². The zero-order valence-corrected chi connectivity index (χ0v) is 10.5. The van der Waals surface area contributed by atoms with Gasteiger partial charge in [0.15, 0.2) is 9.84 Å². The van der Waals surface area contributed by atoms with Crippen molar-refractivity contribution in [3.63, 3.8) is 0 Å². The lowest BCUT2D eigenvalue weighted by Gasteiger charge is -2.20. The average molecular weight is 292 g/mol. The molecule has 10 heteroatoms. The highest BCUT2D eigenvalue weighted by molar-refractivity contribution is 7.94. The van der Waals surface area contributed by atoms with Gasteiger partial charge in [0.05, 0.1) is 11.8 Å². The summed E-state index contributed by atoms with van der Waals surface area (Å²) < 4.78 is 22.2. The van der Waals surface area contributed by atoms with E-state index in [1.54, 1.807) is 0 Å². The number of carboxylic acids is 2. The monoisotopic (exact) mass is 292 g/mol. The first kappa shape index (κ1) is 15.0. The highest BCUT2D eigenvalue weighted by Crippen LogP contribution is 2.08. The first-order chi connectivity index (χ1) is 8.69. The Labute approximate surface area is 108 Å². The summed E-state index contributed by atoms with van der Waals surface area (Å²) in [6.45, 7) is -1.58. The van der Waals surface area contributed by atoms with E-state index in [2.05, 4.69) is 5.32 Å². The van der Waals surface area contributed by atoms with E-state index < -0.39 is 46.9 Å². The average Bonchev–Trinajstić information content (AvgIpc) is 2.55. The minimum absolute atomic E-state index is 0.327. The molecule has 0 aromatic rings. The van der Waals surface area contributed by atoms with Crippen molar-refractivity contribution in [1.82, 2.24) is 10.2 Å². The van der Waals surface area contributed by atoms with E-state index in [1.807, 2.05) is 0 Å². The largest absolute Gasteiger partial charge is 0.480 e. The van der Waals surface area contributed by atoms with E-state index in [9.17, 15) is 22.8 Å². The van der Waals surface area contributed by atoms with E-state index in [1.165, 1.54) is 6.08 Å². The summed E-state index contributed by atoms with van der Waals surface area (Å²) in [7, 11) is -3.36. The van der Waals surface area contributed by atoms with Gasteiger partial charge < -0.3 is 20.4 Å². The third kappa shape index (κ3) is 4.95. The summed E-state index contributed by atoms with van der Waals surface area (Å²) >= 11 is 0. The molecule has 1 aliphatic rings. The van der Waals surface area contributed by atoms with Crippen LogP contribution in [0.15, 0.2) is 11.5 Å². The molecule has 0 radical (unpaired) electrons. The molecule has 1 unspecified atom stereocenters. The Morgan fingerprint density at radius 1 is 1.21 bits per heavy atom. The molecule has 0 spiro atoms. The summed E-state index contributed by atoms with van der Waals surface area (Å²) in [5.41, 5.74) is 0. The minimum Gasteiger partial charge on any atom is -0.480 e. The second kappa shape index (κ2) is 5.69. The fraction of sp³-hybridized carbons (Fsp3) is 0.444. The second-order valence-corrected chi connectivity index (χ2v) is 5.79. The van der Waals surface area contributed by atoms with E-state index in [0.717, 1.165) is 5.41 Å². The van der Waals surface area contributed by atoms with Crippen molar-refractivity contribution >= 4 is 27.8 Å². The normalized spacial score (nSPS) is 19.9. The number of carbonyl (C=O) groups is 3.